The third kappa shape index (κ3) is 1.43. The van der Waals surface area contributed by atoms with Crippen LogP contribution in [0.2, 0.25) is 0 Å². The fourth-order valence-corrected chi connectivity index (χ4v) is 2.36. The van der Waals surface area contributed by atoms with Crippen molar-refractivity contribution in [3.63, 3.8) is 0 Å². The molecule has 0 bridgehead atoms. The molecule has 1 aromatic heterocycles. The summed E-state index contributed by atoms with van der Waals surface area (Å²) in [5, 5.41) is 0. The molecule has 4 heteroatoms. The van der Waals surface area contributed by atoms with E-state index in [9.17, 15) is 4.79 Å². The second-order valence-corrected chi connectivity index (χ2v) is 4.51. The van der Waals surface area contributed by atoms with E-state index in [1.807, 2.05) is 0 Å². The van der Waals surface area contributed by atoms with Crippen molar-refractivity contribution in [2.24, 2.45) is 0 Å². The normalized spacial score (nSPS) is 26.9. The Bertz CT molecular complexity index is 374. The molecule has 1 aromatic rings. The Labute approximate surface area is 84.9 Å². The van der Waals surface area contributed by atoms with Gasteiger partial charge >= 0.3 is 0 Å². The number of hydrogen-bond acceptors (Lipinski definition) is 2. The Balaban J connectivity index is 2.63. The number of halogens is 1. The molecule has 2 heterocycles. The maximum atomic E-state index is 11.5. The van der Waals surface area contributed by atoms with E-state index in [4.69, 9.17) is 0 Å². The van der Waals surface area contributed by atoms with Gasteiger partial charge in [-0.2, -0.15) is 0 Å². The van der Waals surface area contributed by atoms with Gasteiger partial charge in [0.15, 0.2) is 0 Å². The predicted octanol–water partition coefficient (Wildman–Crippen LogP) is 2.03. The summed E-state index contributed by atoms with van der Waals surface area (Å²) in [5.41, 5.74) is 0.0571. The molecule has 2 unspecified atom stereocenters. The van der Waals surface area contributed by atoms with Crippen molar-refractivity contribution in [1.82, 2.24) is 9.55 Å². The van der Waals surface area contributed by atoms with Gasteiger partial charge in [-0.1, -0.05) is 15.9 Å². The number of hydrogen-bond donors (Lipinski definition) is 0. The highest BCUT2D eigenvalue weighted by Crippen LogP contribution is 2.34. The van der Waals surface area contributed by atoms with E-state index < -0.39 is 0 Å². The summed E-state index contributed by atoms with van der Waals surface area (Å²) in [7, 11) is 0. The quantitative estimate of drug-likeness (QED) is 0.653. The lowest BCUT2D eigenvalue weighted by molar-refractivity contribution is 0.403. The van der Waals surface area contributed by atoms with Crippen LogP contribution in [0.4, 0.5) is 0 Å². The minimum Gasteiger partial charge on any atom is -0.293 e. The van der Waals surface area contributed by atoms with Crippen LogP contribution < -0.4 is 5.56 Å². The first-order valence-corrected chi connectivity index (χ1v) is 5.33. The highest BCUT2D eigenvalue weighted by Gasteiger charge is 2.23. The Hall–Kier alpha value is -0.640. The molecule has 70 valence electrons. The molecule has 0 saturated heterocycles. The van der Waals surface area contributed by atoms with E-state index in [2.05, 4.69) is 27.8 Å². The fraction of sp³-hybridized carbons (Fsp3) is 0.556. The van der Waals surface area contributed by atoms with Crippen molar-refractivity contribution in [3.8, 4) is 0 Å². The summed E-state index contributed by atoms with van der Waals surface area (Å²) in [6.07, 6.45) is 3.67. The molecule has 0 N–H and O–H groups in total. The van der Waals surface area contributed by atoms with Gasteiger partial charge in [0.2, 0.25) is 0 Å². The first-order chi connectivity index (χ1) is 6.20. The zero-order valence-electron chi connectivity index (χ0n) is 7.40. The number of fused-ring (bicyclic) bond motifs is 1. The van der Waals surface area contributed by atoms with Crippen LogP contribution >= 0.6 is 15.9 Å². The molecule has 2 rings (SSSR count). The van der Waals surface area contributed by atoms with E-state index in [1.54, 1.807) is 10.8 Å². The molecular formula is C9H11BrN2O. The lowest BCUT2D eigenvalue weighted by atomic mass is 10.1. The molecule has 1 aliphatic rings. The van der Waals surface area contributed by atoms with Crippen molar-refractivity contribution in [2.45, 2.75) is 30.6 Å². The lowest BCUT2D eigenvalue weighted by Gasteiger charge is -2.26. The summed E-state index contributed by atoms with van der Waals surface area (Å²) in [4.78, 5) is 16.0. The summed E-state index contributed by atoms with van der Waals surface area (Å²) in [6, 6.07) is 1.80. The minimum absolute atomic E-state index is 0.0571. The SMILES string of the molecule is CC1CCC(Br)c2nccc(=O)n21. The molecule has 13 heavy (non-hydrogen) atoms. The Morgan fingerprint density at radius 3 is 3.08 bits per heavy atom. The van der Waals surface area contributed by atoms with Gasteiger partial charge in [0.1, 0.15) is 5.82 Å². The van der Waals surface area contributed by atoms with E-state index in [0.717, 1.165) is 18.7 Å². The second-order valence-electron chi connectivity index (χ2n) is 3.41. The molecule has 3 nitrogen and oxygen atoms in total. The van der Waals surface area contributed by atoms with Gasteiger partial charge in [0.05, 0.1) is 4.83 Å². The van der Waals surface area contributed by atoms with Crippen molar-refractivity contribution in [1.29, 1.82) is 0 Å². The van der Waals surface area contributed by atoms with Gasteiger partial charge in [0.25, 0.3) is 5.56 Å². The molecule has 0 amide bonds. The van der Waals surface area contributed by atoms with Gasteiger partial charge in [-0.25, -0.2) is 4.98 Å². The van der Waals surface area contributed by atoms with Crippen LogP contribution in [-0.4, -0.2) is 9.55 Å². The largest absolute Gasteiger partial charge is 0.293 e. The number of nitrogens with zero attached hydrogens (tertiary/aromatic N) is 2. The van der Waals surface area contributed by atoms with Crippen LogP contribution in [0.3, 0.4) is 0 Å². The highest BCUT2D eigenvalue weighted by molar-refractivity contribution is 9.09. The molecule has 0 aliphatic carbocycles. The monoisotopic (exact) mass is 242 g/mol. The average molecular weight is 243 g/mol. The number of aromatic nitrogens is 2. The van der Waals surface area contributed by atoms with Crippen LogP contribution in [0.5, 0.6) is 0 Å². The molecule has 0 radical (unpaired) electrons. The van der Waals surface area contributed by atoms with E-state index in [1.165, 1.54) is 6.07 Å². The molecule has 0 fully saturated rings. The molecule has 2 atom stereocenters. The van der Waals surface area contributed by atoms with Gasteiger partial charge in [-0.3, -0.25) is 9.36 Å². The second kappa shape index (κ2) is 3.25. The van der Waals surface area contributed by atoms with Gasteiger partial charge in [-0.05, 0) is 19.8 Å². The van der Waals surface area contributed by atoms with Gasteiger partial charge in [0, 0.05) is 18.3 Å². The standard InChI is InChI=1S/C9H11BrN2O/c1-6-2-3-7(10)9-11-5-4-8(13)12(6)9/h4-7H,2-3H2,1H3. The number of rotatable bonds is 0. The fourth-order valence-electron chi connectivity index (χ4n) is 1.75. The van der Waals surface area contributed by atoms with Crippen molar-refractivity contribution < 1.29 is 0 Å². The van der Waals surface area contributed by atoms with E-state index in [-0.39, 0.29) is 16.4 Å². The lowest BCUT2D eigenvalue weighted by Crippen LogP contribution is -2.30. The maximum absolute atomic E-state index is 11.5. The Morgan fingerprint density at radius 2 is 2.38 bits per heavy atom. The van der Waals surface area contributed by atoms with Crippen molar-refractivity contribution in [3.05, 3.63) is 28.4 Å². The van der Waals surface area contributed by atoms with E-state index in [0.29, 0.717) is 0 Å². The van der Waals surface area contributed by atoms with Crippen LogP contribution in [0.25, 0.3) is 0 Å². The van der Waals surface area contributed by atoms with Gasteiger partial charge < -0.3 is 0 Å². The highest BCUT2D eigenvalue weighted by atomic mass is 79.9. The predicted molar refractivity (Wildman–Crippen MR) is 54.1 cm³/mol. The summed E-state index contributed by atoms with van der Waals surface area (Å²) in [5.74, 6) is 0.867. The molecule has 0 saturated carbocycles. The molecule has 0 aromatic carbocycles. The van der Waals surface area contributed by atoms with Crippen LogP contribution in [0.1, 0.15) is 36.5 Å². The van der Waals surface area contributed by atoms with E-state index >= 15 is 0 Å². The van der Waals surface area contributed by atoms with Gasteiger partial charge in [-0.15, -0.1) is 0 Å². The Kier molecular flexibility index (Phi) is 2.24. The topological polar surface area (TPSA) is 34.9 Å². The third-order valence-corrected chi connectivity index (χ3v) is 3.33. The maximum Gasteiger partial charge on any atom is 0.253 e. The van der Waals surface area contributed by atoms with Crippen LogP contribution in [0, 0.1) is 0 Å². The van der Waals surface area contributed by atoms with Crippen molar-refractivity contribution in [2.75, 3.05) is 0 Å². The Morgan fingerprint density at radius 1 is 1.62 bits per heavy atom. The smallest absolute Gasteiger partial charge is 0.253 e. The first-order valence-electron chi connectivity index (χ1n) is 4.41. The molecule has 0 spiro atoms. The first kappa shape index (κ1) is 8.94. The summed E-state index contributed by atoms with van der Waals surface area (Å²) >= 11 is 3.53. The summed E-state index contributed by atoms with van der Waals surface area (Å²) < 4.78 is 1.78. The van der Waals surface area contributed by atoms with Crippen LogP contribution in [-0.2, 0) is 0 Å². The van der Waals surface area contributed by atoms with Crippen molar-refractivity contribution >= 4 is 15.9 Å². The molecular weight excluding hydrogens is 232 g/mol. The number of alkyl halides is 1. The van der Waals surface area contributed by atoms with Crippen LogP contribution in [0.15, 0.2) is 17.1 Å². The average Bonchev–Trinajstić information content (AvgIpc) is 2.12. The zero-order chi connectivity index (χ0) is 9.42. The third-order valence-electron chi connectivity index (χ3n) is 2.47. The zero-order valence-corrected chi connectivity index (χ0v) is 8.99. The summed E-state index contributed by atoms with van der Waals surface area (Å²) in [6.45, 7) is 2.06. The minimum atomic E-state index is 0.0571. The molecule has 1 aliphatic heterocycles.